The summed E-state index contributed by atoms with van der Waals surface area (Å²) in [5.41, 5.74) is 1.05. The third kappa shape index (κ3) is 3.96. The lowest BCUT2D eigenvalue weighted by Gasteiger charge is -2.13. The lowest BCUT2D eigenvalue weighted by Crippen LogP contribution is -2.15. The van der Waals surface area contributed by atoms with Crippen LogP contribution in [0.15, 0.2) is 40.9 Å². The number of ether oxygens (including phenoxy) is 1. The minimum absolute atomic E-state index is 0.0577. The SMILES string of the molecule is Fc1ccc(Oc2ccc(Br)cc2CNC2CC2)cc1Cl. The van der Waals surface area contributed by atoms with Gasteiger partial charge in [-0.1, -0.05) is 27.5 Å². The van der Waals surface area contributed by atoms with Crippen molar-refractivity contribution >= 4 is 27.5 Å². The van der Waals surface area contributed by atoms with E-state index in [1.54, 1.807) is 6.07 Å². The van der Waals surface area contributed by atoms with E-state index in [-0.39, 0.29) is 5.02 Å². The molecule has 0 spiro atoms. The molecule has 3 rings (SSSR count). The van der Waals surface area contributed by atoms with Gasteiger partial charge in [-0.05, 0) is 43.2 Å². The molecule has 1 aliphatic carbocycles. The van der Waals surface area contributed by atoms with Gasteiger partial charge in [0.2, 0.25) is 0 Å². The fraction of sp³-hybridized carbons (Fsp3) is 0.250. The highest BCUT2D eigenvalue weighted by Crippen LogP contribution is 2.31. The Morgan fingerprint density at radius 1 is 1.24 bits per heavy atom. The van der Waals surface area contributed by atoms with Gasteiger partial charge in [0.25, 0.3) is 0 Å². The van der Waals surface area contributed by atoms with Gasteiger partial charge in [-0.3, -0.25) is 0 Å². The normalized spacial score (nSPS) is 14.2. The molecule has 1 fully saturated rings. The minimum atomic E-state index is -0.449. The van der Waals surface area contributed by atoms with Gasteiger partial charge in [-0.15, -0.1) is 0 Å². The molecule has 0 unspecified atom stereocenters. The van der Waals surface area contributed by atoms with Crippen molar-refractivity contribution in [3.8, 4) is 11.5 Å². The van der Waals surface area contributed by atoms with Crippen LogP contribution in [0.4, 0.5) is 4.39 Å². The fourth-order valence-corrected chi connectivity index (χ4v) is 2.57. The maximum absolute atomic E-state index is 13.2. The molecule has 21 heavy (non-hydrogen) atoms. The van der Waals surface area contributed by atoms with Gasteiger partial charge in [0.15, 0.2) is 0 Å². The van der Waals surface area contributed by atoms with Gasteiger partial charge in [-0.25, -0.2) is 4.39 Å². The van der Waals surface area contributed by atoms with Crippen LogP contribution < -0.4 is 10.1 Å². The second kappa shape index (κ2) is 6.34. The molecule has 2 aromatic carbocycles. The number of benzene rings is 2. The molecule has 5 heteroatoms. The van der Waals surface area contributed by atoms with E-state index in [1.807, 2.05) is 18.2 Å². The van der Waals surface area contributed by atoms with Crippen LogP contribution >= 0.6 is 27.5 Å². The largest absolute Gasteiger partial charge is 0.457 e. The molecular weight excluding hydrogens is 357 g/mol. The molecule has 0 heterocycles. The average Bonchev–Trinajstić information content (AvgIpc) is 3.27. The number of hydrogen-bond acceptors (Lipinski definition) is 2. The van der Waals surface area contributed by atoms with E-state index in [0.717, 1.165) is 22.3 Å². The molecule has 2 aromatic rings. The standard InChI is InChI=1S/C16H14BrClFNO/c17-11-1-6-16(10(7-11)9-20-12-2-3-12)21-13-4-5-15(19)14(18)8-13/h1,4-8,12,20H,2-3,9H2. The molecule has 0 aromatic heterocycles. The molecule has 1 aliphatic rings. The van der Waals surface area contributed by atoms with Crippen molar-refractivity contribution in [1.82, 2.24) is 5.32 Å². The van der Waals surface area contributed by atoms with E-state index in [9.17, 15) is 4.39 Å². The van der Waals surface area contributed by atoms with Crippen LogP contribution in [0.2, 0.25) is 5.02 Å². The predicted molar refractivity (Wildman–Crippen MR) is 85.5 cm³/mol. The van der Waals surface area contributed by atoms with Gasteiger partial charge in [0.1, 0.15) is 17.3 Å². The van der Waals surface area contributed by atoms with Gasteiger partial charge in [0.05, 0.1) is 5.02 Å². The highest BCUT2D eigenvalue weighted by molar-refractivity contribution is 9.10. The molecule has 1 saturated carbocycles. The molecule has 0 aliphatic heterocycles. The molecule has 0 radical (unpaired) electrons. The summed E-state index contributed by atoms with van der Waals surface area (Å²) in [5.74, 6) is 0.820. The van der Waals surface area contributed by atoms with E-state index in [0.29, 0.717) is 11.8 Å². The van der Waals surface area contributed by atoms with E-state index in [2.05, 4.69) is 21.2 Å². The van der Waals surface area contributed by atoms with Crippen molar-refractivity contribution in [3.63, 3.8) is 0 Å². The Bertz CT molecular complexity index is 661. The highest BCUT2D eigenvalue weighted by Gasteiger charge is 2.20. The second-order valence-corrected chi connectivity index (χ2v) is 6.41. The molecule has 110 valence electrons. The molecule has 0 bridgehead atoms. The second-order valence-electron chi connectivity index (χ2n) is 5.09. The summed E-state index contributed by atoms with van der Waals surface area (Å²) in [6.45, 7) is 0.744. The first-order valence-electron chi connectivity index (χ1n) is 6.76. The molecule has 0 atom stereocenters. The predicted octanol–water partition coefficient (Wildman–Crippen LogP) is 5.29. The summed E-state index contributed by atoms with van der Waals surface area (Å²) in [6, 6.07) is 10.8. The van der Waals surface area contributed by atoms with Crippen molar-refractivity contribution in [2.75, 3.05) is 0 Å². The average molecular weight is 371 g/mol. The fourth-order valence-electron chi connectivity index (χ4n) is 1.99. The van der Waals surface area contributed by atoms with Crippen molar-refractivity contribution in [2.45, 2.75) is 25.4 Å². The lowest BCUT2D eigenvalue weighted by atomic mass is 10.2. The Labute approximate surface area is 136 Å². The Morgan fingerprint density at radius 2 is 2.05 bits per heavy atom. The first-order valence-corrected chi connectivity index (χ1v) is 7.93. The van der Waals surface area contributed by atoms with Crippen LogP contribution in [-0.4, -0.2) is 6.04 Å². The summed E-state index contributed by atoms with van der Waals surface area (Å²) in [6.07, 6.45) is 2.47. The van der Waals surface area contributed by atoms with Crippen LogP contribution in [0.25, 0.3) is 0 Å². The zero-order chi connectivity index (χ0) is 14.8. The van der Waals surface area contributed by atoms with Crippen LogP contribution in [0.3, 0.4) is 0 Å². The van der Waals surface area contributed by atoms with Crippen LogP contribution in [0, 0.1) is 5.82 Å². The van der Waals surface area contributed by atoms with Crippen LogP contribution in [0.5, 0.6) is 11.5 Å². The molecule has 0 amide bonds. The van der Waals surface area contributed by atoms with E-state index >= 15 is 0 Å². The van der Waals surface area contributed by atoms with Gasteiger partial charge in [-0.2, -0.15) is 0 Å². The Kier molecular flexibility index (Phi) is 4.48. The minimum Gasteiger partial charge on any atom is -0.457 e. The maximum atomic E-state index is 13.2. The van der Waals surface area contributed by atoms with E-state index < -0.39 is 5.82 Å². The zero-order valence-electron chi connectivity index (χ0n) is 11.2. The zero-order valence-corrected chi connectivity index (χ0v) is 13.5. The van der Waals surface area contributed by atoms with Gasteiger partial charge in [0, 0.05) is 28.7 Å². The Morgan fingerprint density at radius 3 is 2.76 bits per heavy atom. The Balaban J connectivity index is 1.80. The van der Waals surface area contributed by atoms with Crippen molar-refractivity contribution in [1.29, 1.82) is 0 Å². The van der Waals surface area contributed by atoms with Crippen LogP contribution in [-0.2, 0) is 6.54 Å². The molecule has 0 saturated heterocycles. The smallest absolute Gasteiger partial charge is 0.142 e. The van der Waals surface area contributed by atoms with E-state index in [4.69, 9.17) is 16.3 Å². The number of hydrogen-bond donors (Lipinski definition) is 1. The molecule has 1 N–H and O–H groups in total. The summed E-state index contributed by atoms with van der Waals surface area (Å²) >= 11 is 9.25. The summed E-state index contributed by atoms with van der Waals surface area (Å²) in [7, 11) is 0. The number of nitrogens with one attached hydrogen (secondary N) is 1. The first kappa shape index (κ1) is 14.8. The summed E-state index contributed by atoms with van der Waals surface area (Å²) in [4.78, 5) is 0. The monoisotopic (exact) mass is 369 g/mol. The maximum Gasteiger partial charge on any atom is 0.142 e. The lowest BCUT2D eigenvalue weighted by molar-refractivity contribution is 0.470. The molecule has 2 nitrogen and oxygen atoms in total. The quantitative estimate of drug-likeness (QED) is 0.772. The third-order valence-electron chi connectivity index (χ3n) is 3.30. The number of rotatable bonds is 5. The van der Waals surface area contributed by atoms with Gasteiger partial charge >= 0.3 is 0 Å². The summed E-state index contributed by atoms with van der Waals surface area (Å²) < 4.78 is 20.0. The third-order valence-corrected chi connectivity index (χ3v) is 4.08. The van der Waals surface area contributed by atoms with Crippen molar-refractivity contribution in [2.24, 2.45) is 0 Å². The van der Waals surface area contributed by atoms with Crippen LogP contribution in [0.1, 0.15) is 18.4 Å². The summed E-state index contributed by atoms with van der Waals surface area (Å²) in [5, 5.41) is 3.52. The molecular formula is C16H14BrClFNO. The van der Waals surface area contributed by atoms with Crippen molar-refractivity contribution in [3.05, 3.63) is 57.3 Å². The first-order chi connectivity index (χ1) is 10.1. The Hall–Kier alpha value is -1.10. The van der Waals surface area contributed by atoms with Crippen molar-refractivity contribution < 1.29 is 9.13 Å². The van der Waals surface area contributed by atoms with Gasteiger partial charge < -0.3 is 10.1 Å². The number of halogens is 3. The highest BCUT2D eigenvalue weighted by atomic mass is 79.9. The van der Waals surface area contributed by atoms with E-state index in [1.165, 1.54) is 25.0 Å². The topological polar surface area (TPSA) is 21.3 Å².